The van der Waals surface area contributed by atoms with Gasteiger partial charge in [0.15, 0.2) is 0 Å². The second-order valence-corrected chi connectivity index (χ2v) is 4.52. The van der Waals surface area contributed by atoms with Gasteiger partial charge in [0.2, 0.25) is 0 Å². The Morgan fingerprint density at radius 2 is 2.00 bits per heavy atom. The summed E-state index contributed by atoms with van der Waals surface area (Å²) in [5.74, 6) is -1.12. The van der Waals surface area contributed by atoms with E-state index in [1.807, 2.05) is 0 Å². The van der Waals surface area contributed by atoms with Crippen LogP contribution >= 0.6 is 0 Å². The Morgan fingerprint density at radius 3 is 2.60 bits per heavy atom. The third kappa shape index (κ3) is 2.83. The van der Waals surface area contributed by atoms with Gasteiger partial charge in [0.25, 0.3) is 0 Å². The zero-order valence-corrected chi connectivity index (χ0v) is 11.2. The maximum atomic E-state index is 12.3. The summed E-state index contributed by atoms with van der Waals surface area (Å²) in [4.78, 5) is 26.5. The van der Waals surface area contributed by atoms with Crippen molar-refractivity contribution in [1.29, 1.82) is 0 Å². The van der Waals surface area contributed by atoms with Gasteiger partial charge in [-0.15, -0.1) is 0 Å². The number of carboxylic acids is 1. The number of hydrogen-bond acceptors (Lipinski definition) is 4. The van der Waals surface area contributed by atoms with E-state index < -0.39 is 5.97 Å². The molecule has 1 aromatic carbocycles. The summed E-state index contributed by atoms with van der Waals surface area (Å²) in [5.41, 5.74) is 6.27. The highest BCUT2D eigenvalue weighted by atomic mass is 16.5. The molecule has 0 bridgehead atoms. The summed E-state index contributed by atoms with van der Waals surface area (Å²) in [6, 6.07) is 4.21. The number of hydrogen-bond donors (Lipinski definition) is 2. The molecule has 1 aliphatic heterocycles. The van der Waals surface area contributed by atoms with E-state index >= 15 is 0 Å². The monoisotopic (exact) mass is 279 g/mol. The van der Waals surface area contributed by atoms with Crippen molar-refractivity contribution >= 4 is 23.4 Å². The lowest BCUT2D eigenvalue weighted by atomic mass is 10.1. The van der Waals surface area contributed by atoms with Gasteiger partial charge >= 0.3 is 12.0 Å². The second kappa shape index (κ2) is 5.79. The molecule has 108 valence electrons. The molecule has 0 spiro atoms. The summed E-state index contributed by atoms with van der Waals surface area (Å²) in [6.07, 6.45) is 0. The number of urea groups is 1. The fourth-order valence-corrected chi connectivity index (χ4v) is 2.09. The predicted molar refractivity (Wildman–Crippen MR) is 74.0 cm³/mol. The number of nitrogens with zero attached hydrogens (tertiary/aromatic N) is 2. The lowest BCUT2D eigenvalue weighted by molar-refractivity contribution is 0.0551. The fourth-order valence-electron chi connectivity index (χ4n) is 2.09. The van der Waals surface area contributed by atoms with Crippen molar-refractivity contribution < 1.29 is 19.4 Å². The highest BCUT2D eigenvalue weighted by Crippen LogP contribution is 2.23. The first-order valence-electron chi connectivity index (χ1n) is 6.24. The minimum absolute atomic E-state index is 0.00843. The number of nitrogens with two attached hydrogens (primary N) is 1. The van der Waals surface area contributed by atoms with Gasteiger partial charge in [0, 0.05) is 25.8 Å². The first kappa shape index (κ1) is 14.1. The number of ether oxygens (including phenoxy) is 1. The van der Waals surface area contributed by atoms with E-state index in [1.165, 1.54) is 17.0 Å². The van der Waals surface area contributed by atoms with E-state index in [0.717, 1.165) is 0 Å². The Labute approximate surface area is 116 Å². The molecule has 1 aliphatic rings. The van der Waals surface area contributed by atoms with Gasteiger partial charge in [-0.3, -0.25) is 4.90 Å². The molecular formula is C13H17N3O4. The van der Waals surface area contributed by atoms with Gasteiger partial charge in [0.1, 0.15) is 0 Å². The Kier molecular flexibility index (Phi) is 4.09. The van der Waals surface area contributed by atoms with E-state index in [1.54, 1.807) is 18.0 Å². The van der Waals surface area contributed by atoms with Crippen LogP contribution < -0.4 is 10.6 Å². The van der Waals surface area contributed by atoms with Gasteiger partial charge in [-0.2, -0.15) is 0 Å². The molecule has 0 aliphatic carbocycles. The molecule has 2 amide bonds. The summed E-state index contributed by atoms with van der Waals surface area (Å²) in [5, 5.41) is 9.20. The second-order valence-electron chi connectivity index (χ2n) is 4.52. The molecular weight excluding hydrogens is 262 g/mol. The molecule has 20 heavy (non-hydrogen) atoms. The molecule has 1 fully saturated rings. The van der Waals surface area contributed by atoms with E-state index in [2.05, 4.69) is 0 Å². The van der Waals surface area contributed by atoms with Crippen LogP contribution in [0.3, 0.4) is 0 Å². The quantitative estimate of drug-likeness (QED) is 0.783. The Bertz CT molecular complexity index is 526. The van der Waals surface area contributed by atoms with Gasteiger partial charge < -0.3 is 20.5 Å². The van der Waals surface area contributed by atoms with Crippen LogP contribution in [-0.4, -0.2) is 55.4 Å². The number of rotatable bonds is 2. The summed E-state index contributed by atoms with van der Waals surface area (Å²) >= 11 is 0. The third-order valence-electron chi connectivity index (χ3n) is 3.18. The molecule has 1 saturated heterocycles. The lowest BCUT2D eigenvalue weighted by Crippen LogP contribution is -2.47. The SMILES string of the molecule is CN(C(=O)N1CCOCC1)c1ccc(N)cc1C(=O)O. The van der Waals surface area contributed by atoms with Gasteiger partial charge in [0.05, 0.1) is 24.5 Å². The first-order valence-corrected chi connectivity index (χ1v) is 6.24. The standard InChI is InChI=1S/C13H17N3O4/c1-15(13(19)16-4-6-20-7-5-16)11-3-2-9(14)8-10(11)12(17)18/h2-3,8H,4-7,14H2,1H3,(H,17,18). The average molecular weight is 279 g/mol. The zero-order chi connectivity index (χ0) is 14.7. The Balaban J connectivity index is 2.25. The maximum absolute atomic E-state index is 12.3. The van der Waals surface area contributed by atoms with Crippen LogP contribution in [0.25, 0.3) is 0 Å². The van der Waals surface area contributed by atoms with E-state index in [9.17, 15) is 14.7 Å². The van der Waals surface area contributed by atoms with Gasteiger partial charge in [-0.05, 0) is 18.2 Å². The van der Waals surface area contributed by atoms with E-state index in [4.69, 9.17) is 10.5 Å². The van der Waals surface area contributed by atoms with Crippen molar-refractivity contribution in [2.45, 2.75) is 0 Å². The van der Waals surface area contributed by atoms with Crippen molar-refractivity contribution in [3.8, 4) is 0 Å². The summed E-state index contributed by atoms with van der Waals surface area (Å²) < 4.78 is 5.19. The van der Waals surface area contributed by atoms with Crippen LogP contribution in [0, 0.1) is 0 Å². The number of amides is 2. The summed E-state index contributed by atoms with van der Waals surface area (Å²) in [7, 11) is 1.55. The lowest BCUT2D eigenvalue weighted by Gasteiger charge is -2.31. The number of morpholine rings is 1. The molecule has 3 N–H and O–H groups in total. The van der Waals surface area contributed by atoms with Crippen molar-refractivity contribution in [2.75, 3.05) is 44.0 Å². The largest absolute Gasteiger partial charge is 0.478 e. The number of carbonyl (C=O) groups is 2. The molecule has 1 heterocycles. The van der Waals surface area contributed by atoms with E-state index in [0.29, 0.717) is 37.7 Å². The Hall–Kier alpha value is -2.28. The van der Waals surface area contributed by atoms with Crippen LogP contribution in [0.1, 0.15) is 10.4 Å². The molecule has 1 aromatic rings. The van der Waals surface area contributed by atoms with Crippen LogP contribution in [0.4, 0.5) is 16.2 Å². The van der Waals surface area contributed by atoms with Crippen molar-refractivity contribution in [1.82, 2.24) is 4.90 Å². The number of aromatic carboxylic acids is 1. The molecule has 7 heteroatoms. The van der Waals surface area contributed by atoms with Gasteiger partial charge in [-0.1, -0.05) is 0 Å². The molecule has 0 aromatic heterocycles. The highest BCUT2D eigenvalue weighted by molar-refractivity contribution is 6.01. The average Bonchev–Trinajstić information content (AvgIpc) is 2.46. The zero-order valence-electron chi connectivity index (χ0n) is 11.2. The third-order valence-corrected chi connectivity index (χ3v) is 3.18. The molecule has 7 nitrogen and oxygen atoms in total. The van der Waals surface area contributed by atoms with Gasteiger partial charge in [-0.25, -0.2) is 9.59 Å². The fraction of sp³-hybridized carbons (Fsp3) is 0.385. The van der Waals surface area contributed by atoms with Crippen LogP contribution in [0.2, 0.25) is 0 Å². The minimum Gasteiger partial charge on any atom is -0.478 e. The number of carboxylic acid groups (broad SMARTS) is 1. The topological polar surface area (TPSA) is 96.1 Å². The Morgan fingerprint density at radius 1 is 1.35 bits per heavy atom. The maximum Gasteiger partial charge on any atom is 0.337 e. The summed E-state index contributed by atoms with van der Waals surface area (Å²) in [6.45, 7) is 1.99. The van der Waals surface area contributed by atoms with Crippen LogP contribution in [0.15, 0.2) is 18.2 Å². The molecule has 0 unspecified atom stereocenters. The molecule has 0 atom stereocenters. The smallest absolute Gasteiger partial charge is 0.337 e. The van der Waals surface area contributed by atoms with Crippen LogP contribution in [-0.2, 0) is 4.74 Å². The number of anilines is 2. The molecule has 2 rings (SSSR count). The predicted octanol–water partition coefficient (Wildman–Crippen LogP) is 0.855. The number of benzene rings is 1. The molecule has 0 saturated carbocycles. The normalized spacial score (nSPS) is 14.9. The highest BCUT2D eigenvalue weighted by Gasteiger charge is 2.24. The van der Waals surface area contributed by atoms with Crippen molar-refractivity contribution in [2.24, 2.45) is 0 Å². The number of carbonyl (C=O) groups excluding carboxylic acids is 1. The van der Waals surface area contributed by atoms with E-state index in [-0.39, 0.29) is 11.6 Å². The van der Waals surface area contributed by atoms with Crippen LogP contribution in [0.5, 0.6) is 0 Å². The number of nitrogen functional groups attached to an aromatic ring is 1. The molecule has 0 radical (unpaired) electrons. The van der Waals surface area contributed by atoms with Crippen molar-refractivity contribution in [3.05, 3.63) is 23.8 Å². The minimum atomic E-state index is -1.12. The van der Waals surface area contributed by atoms with Crippen molar-refractivity contribution in [3.63, 3.8) is 0 Å². The first-order chi connectivity index (χ1) is 9.50.